The van der Waals surface area contributed by atoms with Gasteiger partial charge < -0.3 is 9.80 Å². The lowest BCUT2D eigenvalue weighted by molar-refractivity contribution is -0.138. The number of amides is 2. The SMILES string of the molecule is Cc1cc(C)c(S(=O)(=O)N2CCN(C(=O)CCC(=O)N3CCC(C)CC3)CC2)c(C)c1. The summed E-state index contributed by atoms with van der Waals surface area (Å²) in [5.41, 5.74) is 2.54. The summed E-state index contributed by atoms with van der Waals surface area (Å²) in [5.74, 6) is 0.635. The highest BCUT2D eigenvalue weighted by molar-refractivity contribution is 7.89. The van der Waals surface area contributed by atoms with Crippen molar-refractivity contribution >= 4 is 21.8 Å². The Hall–Kier alpha value is -1.93. The van der Waals surface area contributed by atoms with Crippen molar-refractivity contribution in [2.24, 2.45) is 5.92 Å². The van der Waals surface area contributed by atoms with Gasteiger partial charge in [-0.3, -0.25) is 9.59 Å². The van der Waals surface area contributed by atoms with Crippen LogP contribution >= 0.6 is 0 Å². The fourth-order valence-electron chi connectivity index (χ4n) is 4.67. The van der Waals surface area contributed by atoms with E-state index in [0.717, 1.165) is 42.6 Å². The van der Waals surface area contributed by atoms with Crippen LogP contribution in [0.15, 0.2) is 17.0 Å². The smallest absolute Gasteiger partial charge is 0.243 e. The van der Waals surface area contributed by atoms with Crippen molar-refractivity contribution in [3.8, 4) is 0 Å². The van der Waals surface area contributed by atoms with Gasteiger partial charge in [0.2, 0.25) is 21.8 Å². The third-order valence-corrected chi connectivity index (χ3v) is 8.69. The molecule has 0 atom stereocenters. The average Bonchev–Trinajstić information content (AvgIpc) is 2.71. The number of benzene rings is 1. The van der Waals surface area contributed by atoms with E-state index in [9.17, 15) is 18.0 Å². The highest BCUT2D eigenvalue weighted by atomic mass is 32.2. The summed E-state index contributed by atoms with van der Waals surface area (Å²) < 4.78 is 27.9. The van der Waals surface area contributed by atoms with E-state index in [4.69, 9.17) is 0 Å². The summed E-state index contributed by atoms with van der Waals surface area (Å²) in [6.07, 6.45) is 2.47. The van der Waals surface area contributed by atoms with Crippen molar-refractivity contribution < 1.29 is 18.0 Å². The normalized spacial score (nSPS) is 19.0. The molecule has 0 aliphatic carbocycles. The molecule has 2 amide bonds. The van der Waals surface area contributed by atoms with Crippen molar-refractivity contribution in [3.63, 3.8) is 0 Å². The molecule has 172 valence electrons. The second kappa shape index (κ2) is 9.69. The molecule has 0 unspecified atom stereocenters. The molecule has 8 heteroatoms. The van der Waals surface area contributed by atoms with Crippen LogP contribution in [-0.2, 0) is 19.6 Å². The van der Waals surface area contributed by atoms with Gasteiger partial charge in [-0.25, -0.2) is 8.42 Å². The molecular formula is C23H35N3O4S. The first-order chi connectivity index (χ1) is 14.6. The van der Waals surface area contributed by atoms with Crippen LogP contribution in [0.1, 0.15) is 49.3 Å². The highest BCUT2D eigenvalue weighted by Crippen LogP contribution is 2.26. The van der Waals surface area contributed by atoms with E-state index < -0.39 is 10.0 Å². The molecule has 1 aromatic carbocycles. The Labute approximate surface area is 186 Å². The Balaban J connectivity index is 1.53. The molecule has 31 heavy (non-hydrogen) atoms. The maximum atomic E-state index is 13.2. The lowest BCUT2D eigenvalue weighted by Crippen LogP contribution is -2.50. The Bertz CT molecular complexity index is 905. The summed E-state index contributed by atoms with van der Waals surface area (Å²) in [7, 11) is -3.60. The van der Waals surface area contributed by atoms with E-state index in [1.165, 1.54) is 4.31 Å². The fourth-order valence-corrected chi connectivity index (χ4v) is 6.50. The van der Waals surface area contributed by atoms with E-state index in [2.05, 4.69) is 6.92 Å². The molecule has 0 N–H and O–H groups in total. The Morgan fingerprint density at radius 2 is 1.29 bits per heavy atom. The molecule has 2 aliphatic rings. The second-order valence-electron chi connectivity index (χ2n) is 9.08. The topological polar surface area (TPSA) is 78.0 Å². The fraction of sp³-hybridized carbons (Fsp3) is 0.652. The summed E-state index contributed by atoms with van der Waals surface area (Å²) in [5, 5.41) is 0. The van der Waals surface area contributed by atoms with Crippen LogP contribution in [0.2, 0.25) is 0 Å². The van der Waals surface area contributed by atoms with Gasteiger partial charge in [-0.15, -0.1) is 0 Å². The van der Waals surface area contributed by atoms with Crippen molar-refractivity contribution in [1.82, 2.24) is 14.1 Å². The van der Waals surface area contributed by atoms with Gasteiger partial charge in [0.25, 0.3) is 0 Å². The minimum absolute atomic E-state index is 0.0479. The number of sulfonamides is 1. The molecule has 0 bridgehead atoms. The van der Waals surface area contributed by atoms with Gasteiger partial charge in [-0.2, -0.15) is 4.31 Å². The Morgan fingerprint density at radius 1 is 0.839 bits per heavy atom. The number of piperazine rings is 1. The third-order valence-electron chi connectivity index (χ3n) is 6.48. The predicted octanol–water partition coefficient (Wildman–Crippen LogP) is 2.48. The van der Waals surface area contributed by atoms with Crippen molar-refractivity contribution in [3.05, 3.63) is 28.8 Å². The molecular weight excluding hydrogens is 414 g/mol. The predicted molar refractivity (Wildman–Crippen MR) is 120 cm³/mol. The van der Waals surface area contributed by atoms with Crippen molar-refractivity contribution in [2.75, 3.05) is 39.3 Å². The Kier molecular flexibility index (Phi) is 7.42. The van der Waals surface area contributed by atoms with Crippen molar-refractivity contribution in [1.29, 1.82) is 0 Å². The number of carbonyl (C=O) groups excluding carboxylic acids is 2. The van der Waals surface area contributed by atoms with E-state index in [1.807, 2.05) is 37.8 Å². The lowest BCUT2D eigenvalue weighted by Gasteiger charge is -2.35. The second-order valence-corrected chi connectivity index (χ2v) is 11.0. The molecule has 7 nitrogen and oxygen atoms in total. The molecule has 0 aromatic heterocycles. The van der Waals surface area contributed by atoms with Crippen LogP contribution in [0, 0.1) is 26.7 Å². The number of nitrogens with zero attached hydrogens (tertiary/aromatic N) is 3. The average molecular weight is 450 g/mol. The highest BCUT2D eigenvalue weighted by Gasteiger charge is 2.32. The zero-order valence-electron chi connectivity index (χ0n) is 19.2. The molecule has 2 aliphatic heterocycles. The van der Waals surface area contributed by atoms with Gasteiger partial charge in [0.1, 0.15) is 0 Å². The minimum Gasteiger partial charge on any atom is -0.343 e. The number of hydrogen-bond acceptors (Lipinski definition) is 4. The zero-order chi connectivity index (χ0) is 22.8. The lowest BCUT2D eigenvalue weighted by atomic mass is 9.99. The minimum atomic E-state index is -3.60. The molecule has 2 saturated heterocycles. The summed E-state index contributed by atoms with van der Waals surface area (Å²) in [6.45, 7) is 10.6. The molecule has 0 spiro atoms. The van der Waals surface area contributed by atoms with Gasteiger partial charge in [0.15, 0.2) is 0 Å². The molecule has 1 aromatic rings. The van der Waals surface area contributed by atoms with Crippen LogP contribution in [-0.4, -0.2) is 73.6 Å². The van der Waals surface area contributed by atoms with E-state index in [0.29, 0.717) is 23.9 Å². The number of rotatable bonds is 5. The number of piperidine rings is 1. The van der Waals surface area contributed by atoms with Gasteiger partial charge in [-0.1, -0.05) is 24.6 Å². The van der Waals surface area contributed by atoms with Crippen LogP contribution in [0.25, 0.3) is 0 Å². The zero-order valence-corrected chi connectivity index (χ0v) is 20.0. The number of hydrogen-bond donors (Lipinski definition) is 0. The first-order valence-corrected chi connectivity index (χ1v) is 12.7. The van der Waals surface area contributed by atoms with Crippen LogP contribution in [0.5, 0.6) is 0 Å². The molecule has 3 rings (SSSR count). The van der Waals surface area contributed by atoms with Gasteiger partial charge >= 0.3 is 0 Å². The van der Waals surface area contributed by atoms with E-state index in [-0.39, 0.29) is 37.7 Å². The first kappa shape index (κ1) is 23.7. The van der Waals surface area contributed by atoms with Gasteiger partial charge in [0, 0.05) is 52.1 Å². The number of likely N-dealkylation sites (tertiary alicyclic amines) is 1. The third kappa shape index (κ3) is 5.47. The van der Waals surface area contributed by atoms with Gasteiger partial charge in [0.05, 0.1) is 4.90 Å². The largest absolute Gasteiger partial charge is 0.343 e. The summed E-state index contributed by atoms with van der Waals surface area (Å²) in [4.78, 5) is 28.9. The number of aryl methyl sites for hydroxylation is 3. The molecule has 0 radical (unpaired) electrons. The maximum Gasteiger partial charge on any atom is 0.243 e. The first-order valence-electron chi connectivity index (χ1n) is 11.2. The van der Waals surface area contributed by atoms with Crippen LogP contribution in [0.4, 0.5) is 0 Å². The van der Waals surface area contributed by atoms with Crippen LogP contribution < -0.4 is 0 Å². The molecule has 2 heterocycles. The van der Waals surface area contributed by atoms with Gasteiger partial charge in [-0.05, 0) is 50.7 Å². The Morgan fingerprint density at radius 3 is 1.77 bits per heavy atom. The molecule has 0 saturated carbocycles. The van der Waals surface area contributed by atoms with E-state index in [1.54, 1.807) is 4.90 Å². The summed E-state index contributed by atoms with van der Waals surface area (Å²) in [6, 6.07) is 3.78. The number of carbonyl (C=O) groups is 2. The standard InChI is InChI=1S/C23H35N3O4S/c1-17-7-9-24(10-8-17)21(27)5-6-22(28)25-11-13-26(14-12-25)31(29,30)23-19(3)15-18(2)16-20(23)4/h15-17H,5-14H2,1-4H3. The molecule has 2 fully saturated rings. The van der Waals surface area contributed by atoms with Crippen molar-refractivity contribution in [2.45, 2.75) is 58.3 Å². The quantitative estimate of drug-likeness (QED) is 0.692. The monoisotopic (exact) mass is 449 g/mol. The maximum absolute atomic E-state index is 13.2. The van der Waals surface area contributed by atoms with E-state index >= 15 is 0 Å². The summed E-state index contributed by atoms with van der Waals surface area (Å²) >= 11 is 0. The van der Waals surface area contributed by atoms with Crippen LogP contribution in [0.3, 0.4) is 0 Å².